The van der Waals surface area contributed by atoms with Gasteiger partial charge in [-0.25, -0.2) is 14.8 Å². The second-order valence-corrected chi connectivity index (χ2v) is 8.50. The summed E-state index contributed by atoms with van der Waals surface area (Å²) in [7, 11) is 0. The minimum atomic E-state index is -0.555. The fraction of sp³-hybridized carbons (Fsp3) is 0.107. The zero-order valence-corrected chi connectivity index (χ0v) is 19.4. The summed E-state index contributed by atoms with van der Waals surface area (Å²) in [6, 6.07) is 18.1. The summed E-state index contributed by atoms with van der Waals surface area (Å²) in [4.78, 5) is 40.1. The van der Waals surface area contributed by atoms with Crippen LogP contribution in [0.1, 0.15) is 34.3 Å². The van der Waals surface area contributed by atoms with E-state index in [2.05, 4.69) is 25.1 Å². The van der Waals surface area contributed by atoms with E-state index >= 15 is 0 Å². The van der Waals surface area contributed by atoms with Crippen LogP contribution in [0.5, 0.6) is 0 Å². The zero-order valence-electron chi connectivity index (χ0n) is 19.4. The predicted octanol–water partition coefficient (Wildman–Crippen LogP) is 4.83. The van der Waals surface area contributed by atoms with Crippen LogP contribution in [0.2, 0.25) is 0 Å². The molecule has 0 saturated heterocycles. The Morgan fingerprint density at radius 1 is 1.08 bits per heavy atom. The highest BCUT2D eigenvalue weighted by molar-refractivity contribution is 6.13. The summed E-state index contributed by atoms with van der Waals surface area (Å²) in [5, 5.41) is 3.27. The van der Waals surface area contributed by atoms with Crippen molar-refractivity contribution >= 4 is 29.3 Å². The molecule has 0 saturated carbocycles. The van der Waals surface area contributed by atoms with Crippen LogP contribution in [-0.4, -0.2) is 26.8 Å². The lowest BCUT2D eigenvalue weighted by Gasteiger charge is -2.31. The molecule has 0 fully saturated rings. The molecule has 0 amide bonds. The van der Waals surface area contributed by atoms with Gasteiger partial charge in [0.1, 0.15) is 5.82 Å². The van der Waals surface area contributed by atoms with Crippen molar-refractivity contribution in [2.45, 2.75) is 18.9 Å². The van der Waals surface area contributed by atoms with Gasteiger partial charge in [0.25, 0.3) is 0 Å². The molecule has 0 radical (unpaired) electrons. The number of carbonyl (C=O) groups excluding carboxylic acids is 1. The average Bonchev–Trinajstić information content (AvgIpc) is 2.89. The van der Waals surface area contributed by atoms with Crippen LogP contribution in [0, 0.1) is 6.57 Å². The van der Waals surface area contributed by atoms with Gasteiger partial charge in [0.15, 0.2) is 5.78 Å². The Kier molecular flexibility index (Phi) is 5.88. The number of anilines is 2. The van der Waals surface area contributed by atoms with Crippen molar-refractivity contribution in [2.75, 3.05) is 11.1 Å². The van der Waals surface area contributed by atoms with Crippen molar-refractivity contribution in [1.82, 2.24) is 15.0 Å². The standard InChI is InChI=1S/C28H22N6O2/c1-16(33-27-22(30-2)15-32-28(29)34-27)21-13-18-9-6-10-20(19-11-12-23(35)31-14-19)25(18)26(36)24(21)17-7-4-3-5-8-17/h3-16,24H,1H3,(H,31,35)(H3,29,32,33,34)/t16-,24?/m0/s1. The van der Waals surface area contributed by atoms with Crippen LogP contribution in [0.4, 0.5) is 17.5 Å². The van der Waals surface area contributed by atoms with Crippen LogP contribution in [-0.2, 0) is 0 Å². The van der Waals surface area contributed by atoms with E-state index in [0.717, 1.165) is 27.8 Å². The van der Waals surface area contributed by atoms with Crippen LogP contribution < -0.4 is 16.6 Å². The molecule has 0 aliphatic heterocycles. The highest BCUT2D eigenvalue weighted by atomic mass is 16.1. The van der Waals surface area contributed by atoms with E-state index in [1.807, 2.05) is 61.5 Å². The van der Waals surface area contributed by atoms with Crippen molar-refractivity contribution in [3.8, 4) is 11.1 Å². The van der Waals surface area contributed by atoms with E-state index in [4.69, 9.17) is 12.3 Å². The summed E-state index contributed by atoms with van der Waals surface area (Å²) < 4.78 is 0. The Balaban J connectivity index is 1.65. The van der Waals surface area contributed by atoms with Crippen LogP contribution in [0.25, 0.3) is 22.0 Å². The third kappa shape index (κ3) is 4.14. The maximum absolute atomic E-state index is 14.2. The van der Waals surface area contributed by atoms with E-state index < -0.39 is 5.92 Å². The molecule has 2 aromatic heterocycles. The zero-order chi connectivity index (χ0) is 25.2. The average molecular weight is 475 g/mol. The van der Waals surface area contributed by atoms with Crippen molar-refractivity contribution in [2.24, 2.45) is 0 Å². The SMILES string of the molecule is [C-]#[N+]c1cnc(N)nc1N[C@@H](C)C1=Cc2cccc(-c3ccc(=O)[nH]c3)c2C(=O)C1c1ccccc1. The molecule has 8 nitrogen and oxygen atoms in total. The van der Waals surface area contributed by atoms with E-state index in [1.54, 1.807) is 12.3 Å². The topological polar surface area (TPSA) is 118 Å². The molecule has 2 heterocycles. The lowest BCUT2D eigenvalue weighted by molar-refractivity contribution is 0.0970. The molecule has 1 aliphatic carbocycles. The smallest absolute Gasteiger partial charge is 0.247 e. The van der Waals surface area contributed by atoms with Gasteiger partial charge in [0.05, 0.1) is 12.5 Å². The van der Waals surface area contributed by atoms with Gasteiger partial charge in [0, 0.05) is 30.1 Å². The number of ketones is 1. The largest absolute Gasteiger partial charge is 0.372 e. The van der Waals surface area contributed by atoms with Crippen molar-refractivity contribution < 1.29 is 4.79 Å². The second-order valence-electron chi connectivity index (χ2n) is 8.50. The van der Waals surface area contributed by atoms with Crippen molar-refractivity contribution in [1.29, 1.82) is 0 Å². The Bertz CT molecular complexity index is 1580. The molecule has 176 valence electrons. The highest BCUT2D eigenvalue weighted by Gasteiger charge is 2.35. The van der Waals surface area contributed by atoms with Gasteiger partial charge in [-0.15, -0.1) is 0 Å². The fourth-order valence-corrected chi connectivity index (χ4v) is 4.57. The first-order valence-electron chi connectivity index (χ1n) is 11.4. The normalized spacial score (nSPS) is 15.4. The third-order valence-corrected chi connectivity index (χ3v) is 6.25. The molecule has 36 heavy (non-hydrogen) atoms. The van der Waals surface area contributed by atoms with Crippen molar-refractivity contribution in [3.05, 3.63) is 117 Å². The molecule has 2 atom stereocenters. The van der Waals surface area contributed by atoms with Crippen molar-refractivity contribution in [3.63, 3.8) is 0 Å². The number of carbonyl (C=O) groups is 1. The summed E-state index contributed by atoms with van der Waals surface area (Å²) >= 11 is 0. The number of aromatic nitrogens is 3. The quantitative estimate of drug-likeness (QED) is 0.357. The molecular formula is C28H22N6O2. The summed E-state index contributed by atoms with van der Waals surface area (Å²) in [5.74, 6) is -0.225. The monoisotopic (exact) mass is 474 g/mol. The van der Waals surface area contributed by atoms with Crippen LogP contribution >= 0.6 is 0 Å². The summed E-state index contributed by atoms with van der Waals surface area (Å²) in [6.07, 6.45) is 5.02. The number of rotatable bonds is 5. The number of H-pyrrole nitrogens is 1. The van der Waals surface area contributed by atoms with Gasteiger partial charge >= 0.3 is 0 Å². The molecule has 2 aromatic carbocycles. The van der Waals surface area contributed by atoms with Crippen LogP contribution in [0.3, 0.4) is 0 Å². The van der Waals surface area contributed by atoms with Gasteiger partial charge in [-0.1, -0.05) is 54.6 Å². The molecule has 4 aromatic rings. The minimum absolute atomic E-state index is 0.0447. The second kappa shape index (κ2) is 9.31. The number of nitrogens with two attached hydrogens (primary N) is 1. The number of nitrogen functional groups attached to an aromatic ring is 1. The van der Waals surface area contributed by atoms with E-state index in [9.17, 15) is 9.59 Å². The number of aromatic amines is 1. The number of pyridine rings is 1. The van der Waals surface area contributed by atoms with E-state index in [0.29, 0.717) is 11.4 Å². The molecule has 1 unspecified atom stereocenters. The first-order chi connectivity index (χ1) is 17.5. The third-order valence-electron chi connectivity index (χ3n) is 6.25. The lowest BCUT2D eigenvalue weighted by Crippen LogP contribution is -2.30. The lowest BCUT2D eigenvalue weighted by atomic mass is 9.74. The minimum Gasteiger partial charge on any atom is -0.372 e. The summed E-state index contributed by atoms with van der Waals surface area (Å²) in [6.45, 7) is 9.37. The number of fused-ring (bicyclic) bond motifs is 1. The van der Waals surface area contributed by atoms with Gasteiger partial charge in [-0.2, -0.15) is 0 Å². The number of hydrogen-bond donors (Lipinski definition) is 3. The highest BCUT2D eigenvalue weighted by Crippen LogP contribution is 2.41. The number of nitrogens with one attached hydrogen (secondary N) is 2. The van der Waals surface area contributed by atoms with Crippen LogP contribution in [0.15, 0.2) is 83.4 Å². The Morgan fingerprint density at radius 2 is 1.89 bits per heavy atom. The van der Waals surface area contributed by atoms with Gasteiger partial charge in [-0.05, 0) is 40.8 Å². The van der Waals surface area contributed by atoms with Gasteiger partial charge < -0.3 is 16.0 Å². The fourth-order valence-electron chi connectivity index (χ4n) is 4.57. The summed E-state index contributed by atoms with van der Waals surface area (Å²) in [5.41, 5.74) is 10.4. The molecule has 5 rings (SSSR count). The number of benzene rings is 2. The van der Waals surface area contributed by atoms with Gasteiger partial charge in [-0.3, -0.25) is 9.59 Å². The Labute approximate surface area is 207 Å². The number of nitrogens with zero attached hydrogens (tertiary/aromatic N) is 3. The molecule has 8 heteroatoms. The first kappa shape index (κ1) is 22.7. The Morgan fingerprint density at radius 3 is 2.61 bits per heavy atom. The maximum atomic E-state index is 14.2. The predicted molar refractivity (Wildman–Crippen MR) is 140 cm³/mol. The maximum Gasteiger partial charge on any atom is 0.247 e. The molecule has 1 aliphatic rings. The first-order valence-corrected chi connectivity index (χ1v) is 11.4. The number of hydrogen-bond acceptors (Lipinski definition) is 6. The molecule has 0 spiro atoms. The van der Waals surface area contributed by atoms with Gasteiger partial charge in [0.2, 0.25) is 17.2 Å². The Hall–Kier alpha value is -5.03. The van der Waals surface area contributed by atoms with E-state index in [-0.39, 0.29) is 29.0 Å². The molecular weight excluding hydrogens is 452 g/mol. The van der Waals surface area contributed by atoms with E-state index in [1.165, 1.54) is 12.3 Å². The number of Topliss-reactive ketones (excluding diaryl/α,β-unsaturated/α-hetero) is 1. The molecule has 4 N–H and O–H groups in total. The molecule has 0 bridgehead atoms.